The van der Waals surface area contributed by atoms with Crippen molar-refractivity contribution in [3.05, 3.63) is 16.1 Å². The summed E-state index contributed by atoms with van der Waals surface area (Å²) < 4.78 is 0. The number of rotatable bonds is 6. The first kappa shape index (κ1) is 16.1. The van der Waals surface area contributed by atoms with Gasteiger partial charge >= 0.3 is 0 Å². The molecular formula is C14H24N2O2S. The second-order valence-electron chi connectivity index (χ2n) is 5.57. The fourth-order valence-electron chi connectivity index (χ4n) is 1.56. The van der Waals surface area contributed by atoms with Crippen LogP contribution in [-0.4, -0.2) is 22.1 Å². The molecule has 19 heavy (non-hydrogen) atoms. The van der Waals surface area contributed by atoms with E-state index >= 15 is 0 Å². The van der Waals surface area contributed by atoms with Gasteiger partial charge in [-0.3, -0.25) is 4.79 Å². The van der Waals surface area contributed by atoms with Gasteiger partial charge in [0.1, 0.15) is 0 Å². The van der Waals surface area contributed by atoms with Gasteiger partial charge in [0.15, 0.2) is 0 Å². The van der Waals surface area contributed by atoms with E-state index in [9.17, 15) is 9.90 Å². The first-order valence-corrected chi connectivity index (χ1v) is 7.62. The molecule has 0 bridgehead atoms. The largest absolute Gasteiger partial charge is 0.392 e. The van der Waals surface area contributed by atoms with Crippen LogP contribution in [0.3, 0.4) is 0 Å². The lowest BCUT2D eigenvalue weighted by atomic mass is 10.0. The highest BCUT2D eigenvalue weighted by Gasteiger charge is 2.18. The Morgan fingerprint density at radius 2 is 2.00 bits per heavy atom. The Morgan fingerprint density at radius 1 is 1.37 bits per heavy atom. The third kappa shape index (κ3) is 4.91. The summed E-state index contributed by atoms with van der Waals surface area (Å²) >= 11 is 1.62. The Morgan fingerprint density at radius 3 is 2.47 bits per heavy atom. The van der Waals surface area contributed by atoms with E-state index in [1.54, 1.807) is 11.3 Å². The summed E-state index contributed by atoms with van der Waals surface area (Å²) in [4.78, 5) is 16.3. The molecule has 1 aromatic heterocycles. The van der Waals surface area contributed by atoms with Crippen LogP contribution in [0.15, 0.2) is 5.38 Å². The highest BCUT2D eigenvalue weighted by Crippen LogP contribution is 2.22. The molecule has 0 aliphatic carbocycles. The summed E-state index contributed by atoms with van der Waals surface area (Å²) in [7, 11) is 0. The zero-order chi connectivity index (χ0) is 14.6. The molecule has 0 fully saturated rings. The number of carbonyl (C=O) groups excluding carboxylic acids is 1. The van der Waals surface area contributed by atoms with Crippen LogP contribution in [0.2, 0.25) is 0 Å². The second-order valence-corrected chi connectivity index (χ2v) is 6.46. The van der Waals surface area contributed by atoms with Crippen molar-refractivity contribution >= 4 is 17.2 Å². The molecule has 0 aromatic carbocycles. The Labute approximate surface area is 119 Å². The maximum atomic E-state index is 11.8. The summed E-state index contributed by atoms with van der Waals surface area (Å²) in [6.45, 7) is 9.92. The smallest absolute Gasteiger partial charge is 0.223 e. The fraction of sp³-hybridized carbons (Fsp3) is 0.714. The maximum Gasteiger partial charge on any atom is 0.223 e. The zero-order valence-electron chi connectivity index (χ0n) is 12.3. The summed E-state index contributed by atoms with van der Waals surface area (Å²) in [5.41, 5.74) is 0.890. The number of hydrogen-bond donors (Lipinski definition) is 2. The van der Waals surface area contributed by atoms with Gasteiger partial charge in [-0.2, -0.15) is 0 Å². The molecule has 108 valence electrons. The van der Waals surface area contributed by atoms with Gasteiger partial charge in [0.2, 0.25) is 5.91 Å². The van der Waals surface area contributed by atoms with E-state index in [-0.39, 0.29) is 24.3 Å². The molecule has 0 aliphatic rings. The molecule has 4 nitrogen and oxygen atoms in total. The molecule has 2 N–H and O–H groups in total. The van der Waals surface area contributed by atoms with E-state index in [0.29, 0.717) is 5.92 Å². The van der Waals surface area contributed by atoms with E-state index < -0.39 is 6.10 Å². The molecule has 1 heterocycles. The first-order chi connectivity index (χ1) is 8.81. The average Bonchev–Trinajstić information content (AvgIpc) is 2.77. The van der Waals surface area contributed by atoms with Crippen molar-refractivity contribution in [2.75, 3.05) is 0 Å². The molecular weight excluding hydrogens is 260 g/mol. The highest BCUT2D eigenvalue weighted by molar-refractivity contribution is 7.09. The number of hydrogen-bond acceptors (Lipinski definition) is 4. The van der Waals surface area contributed by atoms with Gasteiger partial charge in [-0.15, -0.1) is 11.3 Å². The average molecular weight is 284 g/mol. The van der Waals surface area contributed by atoms with Crippen LogP contribution >= 0.6 is 11.3 Å². The normalized spacial score (nSPS) is 14.7. The molecule has 0 aliphatic heterocycles. The lowest BCUT2D eigenvalue weighted by molar-refractivity contribution is -0.124. The van der Waals surface area contributed by atoms with Gasteiger partial charge in [0.05, 0.1) is 29.3 Å². The van der Waals surface area contributed by atoms with Gasteiger partial charge in [-0.1, -0.05) is 27.7 Å². The molecule has 0 saturated carbocycles. The maximum absolute atomic E-state index is 11.8. The third-order valence-corrected chi connectivity index (χ3v) is 4.18. The summed E-state index contributed by atoms with van der Waals surface area (Å²) in [6.07, 6.45) is -0.447. The van der Waals surface area contributed by atoms with Crippen LogP contribution in [0.25, 0.3) is 0 Å². The van der Waals surface area contributed by atoms with Crippen LogP contribution < -0.4 is 5.32 Å². The van der Waals surface area contributed by atoms with Crippen molar-refractivity contribution < 1.29 is 9.90 Å². The van der Waals surface area contributed by atoms with Gasteiger partial charge in [0.25, 0.3) is 0 Å². The van der Waals surface area contributed by atoms with Crippen molar-refractivity contribution in [1.29, 1.82) is 0 Å². The van der Waals surface area contributed by atoms with Crippen LogP contribution in [0.5, 0.6) is 0 Å². The SMILES string of the molecule is CC(C)c1nc(C(C)NC(=O)CC(O)C(C)C)cs1. The van der Waals surface area contributed by atoms with Crippen molar-refractivity contribution in [3.63, 3.8) is 0 Å². The van der Waals surface area contributed by atoms with Gasteiger partial charge in [0, 0.05) is 11.3 Å². The van der Waals surface area contributed by atoms with E-state index in [0.717, 1.165) is 10.7 Å². The lowest BCUT2D eigenvalue weighted by Crippen LogP contribution is -2.31. The van der Waals surface area contributed by atoms with Crippen molar-refractivity contribution in [2.24, 2.45) is 5.92 Å². The molecule has 1 rings (SSSR count). The molecule has 2 unspecified atom stereocenters. The van der Waals surface area contributed by atoms with Crippen molar-refractivity contribution in [1.82, 2.24) is 10.3 Å². The van der Waals surface area contributed by atoms with E-state index in [2.05, 4.69) is 24.1 Å². The summed E-state index contributed by atoms with van der Waals surface area (Å²) in [5.74, 6) is 0.366. The minimum absolute atomic E-state index is 0.0906. The Hall–Kier alpha value is -0.940. The zero-order valence-corrected chi connectivity index (χ0v) is 13.1. The Kier molecular flexibility index (Phi) is 5.94. The molecule has 1 amide bonds. The predicted molar refractivity (Wildman–Crippen MR) is 78.2 cm³/mol. The van der Waals surface area contributed by atoms with Crippen LogP contribution in [0.4, 0.5) is 0 Å². The topological polar surface area (TPSA) is 62.2 Å². The minimum Gasteiger partial charge on any atom is -0.392 e. The van der Waals surface area contributed by atoms with Crippen molar-refractivity contribution in [2.45, 2.75) is 59.1 Å². The number of thiazole rings is 1. The number of aromatic nitrogens is 1. The summed E-state index contributed by atoms with van der Waals surface area (Å²) in [6, 6.07) is -0.115. The molecule has 0 saturated heterocycles. The quantitative estimate of drug-likeness (QED) is 0.844. The van der Waals surface area contributed by atoms with E-state index in [1.807, 2.05) is 26.2 Å². The molecule has 1 aromatic rings. The van der Waals surface area contributed by atoms with Crippen molar-refractivity contribution in [3.8, 4) is 0 Å². The minimum atomic E-state index is -0.589. The van der Waals surface area contributed by atoms with Gasteiger partial charge in [-0.05, 0) is 12.8 Å². The van der Waals surface area contributed by atoms with E-state index in [4.69, 9.17) is 0 Å². The standard InChI is InChI=1S/C14H24N2O2S/c1-8(2)12(17)6-13(18)15-10(5)11-7-19-14(16-11)9(3)4/h7-10,12,17H,6H2,1-5H3,(H,15,18). The second kappa shape index (κ2) is 7.01. The van der Waals surface area contributed by atoms with E-state index in [1.165, 1.54) is 0 Å². The summed E-state index contributed by atoms with van der Waals surface area (Å²) in [5, 5.41) is 15.6. The Bertz CT molecular complexity index is 415. The van der Waals surface area contributed by atoms with Crippen LogP contribution in [-0.2, 0) is 4.79 Å². The molecule has 2 atom stereocenters. The number of aliphatic hydroxyl groups is 1. The van der Waals surface area contributed by atoms with Gasteiger partial charge < -0.3 is 10.4 Å². The number of carbonyl (C=O) groups is 1. The number of amides is 1. The number of nitrogens with one attached hydrogen (secondary N) is 1. The highest BCUT2D eigenvalue weighted by atomic mass is 32.1. The Balaban J connectivity index is 2.54. The van der Waals surface area contributed by atoms with Gasteiger partial charge in [-0.25, -0.2) is 4.98 Å². The lowest BCUT2D eigenvalue weighted by Gasteiger charge is -2.16. The molecule has 0 spiro atoms. The van der Waals surface area contributed by atoms with Crippen LogP contribution in [0.1, 0.15) is 63.7 Å². The predicted octanol–water partition coefficient (Wildman–Crippen LogP) is 2.85. The first-order valence-electron chi connectivity index (χ1n) is 6.74. The number of nitrogens with zero attached hydrogens (tertiary/aromatic N) is 1. The molecule has 5 heteroatoms. The van der Waals surface area contributed by atoms with Crippen LogP contribution in [0, 0.1) is 5.92 Å². The fourth-order valence-corrected chi connectivity index (χ4v) is 2.49. The monoisotopic (exact) mass is 284 g/mol. The molecule has 0 radical (unpaired) electrons. The third-order valence-electron chi connectivity index (χ3n) is 3.02. The number of aliphatic hydroxyl groups excluding tert-OH is 1.